The van der Waals surface area contributed by atoms with Gasteiger partial charge in [-0.1, -0.05) is 46.3 Å². The molecular weight excluding hydrogens is 380 g/mol. The molecule has 0 aromatic heterocycles. The highest BCUT2D eigenvalue weighted by atomic mass is 16.6. The van der Waals surface area contributed by atoms with Gasteiger partial charge in [0.2, 0.25) is 0 Å². The largest absolute Gasteiger partial charge is 0.462 e. The number of hydrogen-bond donors (Lipinski definition) is 0. The fourth-order valence-electron chi connectivity index (χ4n) is 6.18. The van der Waals surface area contributed by atoms with Gasteiger partial charge in [0.05, 0.1) is 0 Å². The van der Waals surface area contributed by atoms with Gasteiger partial charge < -0.3 is 9.47 Å². The van der Waals surface area contributed by atoms with Gasteiger partial charge in [-0.3, -0.25) is 9.59 Å². The molecule has 6 atom stereocenters. The molecular formula is C25H36O5. The lowest BCUT2D eigenvalue weighted by molar-refractivity contribution is -0.204. The van der Waals surface area contributed by atoms with Gasteiger partial charge in [-0.05, 0) is 44.6 Å². The molecule has 0 N–H and O–H groups in total. The van der Waals surface area contributed by atoms with E-state index in [1.807, 2.05) is 20.8 Å². The van der Waals surface area contributed by atoms with Crippen LogP contribution in [0.5, 0.6) is 0 Å². The lowest BCUT2D eigenvalue weighted by Crippen LogP contribution is -2.67. The molecule has 0 radical (unpaired) electrons. The molecule has 3 fully saturated rings. The van der Waals surface area contributed by atoms with Crippen LogP contribution in [0, 0.1) is 34.5 Å². The van der Waals surface area contributed by atoms with Crippen LogP contribution in [0.15, 0.2) is 23.3 Å². The number of rotatable bonds is 5. The molecule has 4 aliphatic carbocycles. The Kier molecular flexibility index (Phi) is 5.81. The standard InChI is InChI=1S/C25H36O5/c1-9-14(4)23(28)30-17-12-18(29-19(27)10-13(2)3)25(8)20-15(5)11-16(26)21(25)22(20)24(17,6)7/h9,11,13,17-18,20-22H,10,12H2,1-8H3/b14-9-/t17-,18-,20-,21+,22-,25-/m1/s1. The number of allylic oxidation sites excluding steroid dienone is 3. The Hall–Kier alpha value is -1.91. The summed E-state index contributed by atoms with van der Waals surface area (Å²) in [6.45, 7) is 15.8. The van der Waals surface area contributed by atoms with E-state index in [9.17, 15) is 14.4 Å². The zero-order valence-electron chi connectivity index (χ0n) is 19.6. The number of ketones is 1. The van der Waals surface area contributed by atoms with Gasteiger partial charge in [0.1, 0.15) is 12.2 Å². The van der Waals surface area contributed by atoms with E-state index < -0.39 is 23.0 Å². The summed E-state index contributed by atoms with van der Waals surface area (Å²) < 4.78 is 12.0. The van der Waals surface area contributed by atoms with E-state index in [1.54, 1.807) is 26.0 Å². The van der Waals surface area contributed by atoms with Gasteiger partial charge in [0.15, 0.2) is 5.78 Å². The van der Waals surface area contributed by atoms with Crippen molar-refractivity contribution in [3.8, 4) is 0 Å². The molecule has 3 saturated carbocycles. The quantitative estimate of drug-likeness (QED) is 0.482. The Labute approximate surface area is 180 Å². The first-order valence-electron chi connectivity index (χ1n) is 11.1. The van der Waals surface area contributed by atoms with E-state index in [-0.39, 0.29) is 41.4 Å². The normalized spacial score (nSPS) is 37.1. The Morgan fingerprint density at radius 2 is 1.80 bits per heavy atom. The third-order valence-electron chi connectivity index (χ3n) is 7.89. The molecule has 0 aromatic rings. The third-order valence-corrected chi connectivity index (χ3v) is 7.89. The first-order valence-corrected chi connectivity index (χ1v) is 11.1. The minimum absolute atomic E-state index is 0.0671. The van der Waals surface area contributed by atoms with Crippen LogP contribution in [0.4, 0.5) is 0 Å². The minimum Gasteiger partial charge on any atom is -0.462 e. The molecule has 4 aliphatic rings. The molecule has 0 aromatic carbocycles. The highest BCUT2D eigenvalue weighted by molar-refractivity contribution is 5.97. The lowest BCUT2D eigenvalue weighted by Gasteiger charge is -2.65. The van der Waals surface area contributed by atoms with Gasteiger partial charge in [-0.15, -0.1) is 0 Å². The third kappa shape index (κ3) is 3.34. The summed E-state index contributed by atoms with van der Waals surface area (Å²) in [5, 5.41) is 0. The van der Waals surface area contributed by atoms with Crippen LogP contribution in [0.2, 0.25) is 0 Å². The van der Waals surface area contributed by atoms with E-state index in [1.165, 1.54) is 0 Å². The van der Waals surface area contributed by atoms with Crippen molar-refractivity contribution in [1.29, 1.82) is 0 Å². The summed E-state index contributed by atoms with van der Waals surface area (Å²) in [7, 11) is 0. The SMILES string of the molecule is C/C=C(/C)C(=O)O[C@@H]1C[C@@H](OC(=O)CC(C)C)[C@]2(C)[C@@H]3C(C)=CC(=O)[C@H]2[C@@H]3C1(C)C. The van der Waals surface area contributed by atoms with E-state index in [0.29, 0.717) is 18.4 Å². The Morgan fingerprint density at radius 1 is 1.17 bits per heavy atom. The number of hydrogen-bond acceptors (Lipinski definition) is 5. The maximum Gasteiger partial charge on any atom is 0.333 e. The number of ether oxygens (including phenoxy) is 2. The van der Waals surface area contributed by atoms with Crippen molar-refractivity contribution in [2.45, 2.75) is 80.4 Å². The average Bonchev–Trinajstić information content (AvgIpc) is 2.72. The number of esters is 2. The molecule has 166 valence electrons. The van der Waals surface area contributed by atoms with E-state index in [0.717, 1.165) is 5.57 Å². The van der Waals surface area contributed by atoms with Crippen molar-refractivity contribution in [2.75, 3.05) is 0 Å². The van der Waals surface area contributed by atoms with Gasteiger partial charge >= 0.3 is 11.9 Å². The highest BCUT2D eigenvalue weighted by Gasteiger charge is 2.74. The zero-order valence-corrected chi connectivity index (χ0v) is 19.6. The summed E-state index contributed by atoms with van der Waals surface area (Å²) >= 11 is 0. The Morgan fingerprint density at radius 3 is 2.33 bits per heavy atom. The molecule has 4 rings (SSSR count). The average molecular weight is 417 g/mol. The molecule has 0 saturated heterocycles. The molecule has 0 aliphatic heterocycles. The van der Waals surface area contributed by atoms with Gasteiger partial charge in [-0.2, -0.15) is 0 Å². The maximum atomic E-state index is 13.1. The molecule has 0 spiro atoms. The fraction of sp³-hybridized carbons (Fsp3) is 0.720. The van der Waals surface area contributed by atoms with Crippen LogP contribution in [0.25, 0.3) is 0 Å². The molecule has 30 heavy (non-hydrogen) atoms. The predicted molar refractivity (Wildman–Crippen MR) is 114 cm³/mol. The second kappa shape index (κ2) is 7.65. The molecule has 4 bridgehead atoms. The van der Waals surface area contributed by atoms with E-state index in [4.69, 9.17) is 9.47 Å². The molecule has 0 heterocycles. The molecule has 0 amide bonds. The summed E-state index contributed by atoms with van der Waals surface area (Å²) in [4.78, 5) is 38.3. The summed E-state index contributed by atoms with van der Waals surface area (Å²) in [6.07, 6.45) is 3.34. The van der Waals surface area contributed by atoms with Gasteiger partial charge in [0.25, 0.3) is 0 Å². The van der Waals surface area contributed by atoms with Crippen LogP contribution in [0.1, 0.15) is 68.2 Å². The summed E-state index contributed by atoms with van der Waals surface area (Å²) in [5.41, 5.74) is 0.725. The Bertz CT molecular complexity index is 817. The van der Waals surface area contributed by atoms with Gasteiger partial charge in [0, 0.05) is 35.2 Å². The van der Waals surface area contributed by atoms with Crippen molar-refractivity contribution < 1.29 is 23.9 Å². The van der Waals surface area contributed by atoms with E-state index in [2.05, 4.69) is 20.8 Å². The van der Waals surface area contributed by atoms with Crippen LogP contribution >= 0.6 is 0 Å². The second-order valence-corrected chi connectivity index (χ2v) is 10.6. The second-order valence-electron chi connectivity index (χ2n) is 10.6. The number of carbonyl (C=O) groups is 3. The van der Waals surface area contributed by atoms with Gasteiger partial charge in [-0.25, -0.2) is 4.79 Å². The highest BCUT2D eigenvalue weighted by Crippen LogP contribution is 2.72. The maximum absolute atomic E-state index is 13.1. The summed E-state index contributed by atoms with van der Waals surface area (Å²) in [6, 6.07) is 0. The first kappa shape index (κ1) is 22.8. The van der Waals surface area contributed by atoms with E-state index >= 15 is 0 Å². The van der Waals surface area contributed by atoms with Crippen molar-refractivity contribution in [2.24, 2.45) is 34.5 Å². The fourth-order valence-corrected chi connectivity index (χ4v) is 6.18. The topological polar surface area (TPSA) is 69.7 Å². The number of carbonyl (C=O) groups excluding carboxylic acids is 3. The van der Waals surface area contributed by atoms with Crippen LogP contribution in [-0.2, 0) is 23.9 Å². The Balaban J connectivity index is 2.02. The zero-order chi connectivity index (χ0) is 22.6. The molecule has 0 unspecified atom stereocenters. The van der Waals surface area contributed by atoms with Crippen LogP contribution in [-0.4, -0.2) is 29.9 Å². The van der Waals surface area contributed by atoms with Crippen molar-refractivity contribution >= 4 is 17.7 Å². The number of fused-ring (bicyclic) bond motifs is 3. The first-order chi connectivity index (χ1) is 13.8. The lowest BCUT2D eigenvalue weighted by atomic mass is 9.37. The van der Waals surface area contributed by atoms with Crippen molar-refractivity contribution in [3.05, 3.63) is 23.3 Å². The smallest absolute Gasteiger partial charge is 0.333 e. The monoisotopic (exact) mass is 416 g/mol. The minimum atomic E-state index is -0.465. The van der Waals surface area contributed by atoms with Crippen LogP contribution in [0.3, 0.4) is 0 Å². The van der Waals surface area contributed by atoms with Crippen LogP contribution < -0.4 is 0 Å². The van der Waals surface area contributed by atoms with Crippen molar-refractivity contribution in [3.63, 3.8) is 0 Å². The van der Waals surface area contributed by atoms with Crippen molar-refractivity contribution in [1.82, 2.24) is 0 Å². The molecule has 5 nitrogen and oxygen atoms in total. The molecule has 5 heteroatoms. The summed E-state index contributed by atoms with van der Waals surface area (Å²) in [5.74, 6) is -0.315. The predicted octanol–water partition coefficient (Wildman–Crippen LogP) is 4.65.